The van der Waals surface area contributed by atoms with Gasteiger partial charge in [0.2, 0.25) is 0 Å². The van der Waals surface area contributed by atoms with Gasteiger partial charge in [-0.25, -0.2) is 0 Å². The molecule has 0 bridgehead atoms. The Balaban J connectivity index is 3.02. The van der Waals surface area contributed by atoms with Crippen LogP contribution >= 0.6 is 0 Å². The fourth-order valence-electron chi connectivity index (χ4n) is 2.09. The molecule has 0 radical (unpaired) electrons. The Labute approximate surface area is 126 Å². The molecule has 0 heterocycles. The van der Waals surface area contributed by atoms with Gasteiger partial charge in [0.05, 0.1) is 17.9 Å². The standard InChI is InChI=1S/C15H25N3O3/c1-17-15(19)13-6-5-12(16)11-14(13)18(8-10-21-3)7-4-9-20-2/h5-6,11H,4,7-10,16H2,1-3H3,(H,17,19). The van der Waals surface area contributed by atoms with E-state index >= 15 is 0 Å². The van der Waals surface area contributed by atoms with Crippen LogP contribution in [0.25, 0.3) is 0 Å². The highest BCUT2D eigenvalue weighted by molar-refractivity contribution is 6.00. The van der Waals surface area contributed by atoms with Crippen LogP contribution in [0.4, 0.5) is 11.4 Å². The van der Waals surface area contributed by atoms with Crippen LogP contribution in [-0.4, -0.2) is 53.5 Å². The lowest BCUT2D eigenvalue weighted by Crippen LogP contribution is -2.32. The van der Waals surface area contributed by atoms with Crippen LogP contribution in [0.2, 0.25) is 0 Å². The number of amides is 1. The summed E-state index contributed by atoms with van der Waals surface area (Å²) in [5, 5.41) is 2.66. The number of ether oxygens (including phenoxy) is 2. The molecule has 0 spiro atoms. The maximum atomic E-state index is 12.0. The Hall–Kier alpha value is -1.79. The SMILES string of the molecule is CNC(=O)c1ccc(N)cc1N(CCCOC)CCOC. The van der Waals surface area contributed by atoms with Crippen molar-refractivity contribution in [2.75, 3.05) is 58.2 Å². The molecule has 0 atom stereocenters. The number of anilines is 2. The highest BCUT2D eigenvalue weighted by Gasteiger charge is 2.16. The van der Waals surface area contributed by atoms with Gasteiger partial charge in [-0.3, -0.25) is 4.79 Å². The van der Waals surface area contributed by atoms with Crippen LogP contribution in [0.15, 0.2) is 18.2 Å². The van der Waals surface area contributed by atoms with Crippen molar-refractivity contribution >= 4 is 17.3 Å². The predicted molar refractivity (Wildman–Crippen MR) is 84.8 cm³/mol. The molecule has 0 aliphatic carbocycles. The van der Waals surface area contributed by atoms with E-state index < -0.39 is 0 Å². The first kappa shape index (κ1) is 17.3. The summed E-state index contributed by atoms with van der Waals surface area (Å²) in [6.07, 6.45) is 0.863. The highest BCUT2D eigenvalue weighted by Crippen LogP contribution is 2.24. The number of benzene rings is 1. The van der Waals surface area contributed by atoms with Crippen LogP contribution in [0.1, 0.15) is 16.8 Å². The number of hydrogen-bond acceptors (Lipinski definition) is 5. The Morgan fingerprint density at radius 1 is 1.24 bits per heavy atom. The van der Waals surface area contributed by atoms with Gasteiger partial charge in [0.1, 0.15) is 0 Å². The average molecular weight is 295 g/mol. The largest absolute Gasteiger partial charge is 0.399 e. The van der Waals surface area contributed by atoms with E-state index in [4.69, 9.17) is 15.2 Å². The lowest BCUT2D eigenvalue weighted by molar-refractivity contribution is 0.0963. The van der Waals surface area contributed by atoms with Gasteiger partial charge in [0.25, 0.3) is 5.91 Å². The molecule has 0 saturated carbocycles. The molecule has 0 aliphatic rings. The number of rotatable bonds is 9. The second-order valence-corrected chi connectivity index (χ2v) is 4.68. The van der Waals surface area contributed by atoms with E-state index in [9.17, 15) is 4.79 Å². The summed E-state index contributed by atoms with van der Waals surface area (Å²) in [6.45, 7) is 2.70. The number of carbonyl (C=O) groups excluding carboxylic acids is 1. The Bertz CT molecular complexity index is 452. The summed E-state index contributed by atoms with van der Waals surface area (Å²) in [5.41, 5.74) is 7.94. The lowest BCUT2D eigenvalue weighted by atomic mass is 10.1. The summed E-state index contributed by atoms with van der Waals surface area (Å²) in [7, 11) is 4.95. The third-order valence-corrected chi connectivity index (χ3v) is 3.18. The zero-order valence-electron chi connectivity index (χ0n) is 13.0. The number of methoxy groups -OCH3 is 2. The minimum absolute atomic E-state index is 0.126. The van der Waals surface area contributed by atoms with E-state index in [-0.39, 0.29) is 5.91 Å². The van der Waals surface area contributed by atoms with Crippen molar-refractivity contribution in [2.24, 2.45) is 0 Å². The molecule has 0 aliphatic heterocycles. The molecular formula is C15H25N3O3. The zero-order chi connectivity index (χ0) is 15.7. The average Bonchev–Trinajstić information content (AvgIpc) is 2.50. The molecule has 0 aromatic heterocycles. The van der Waals surface area contributed by atoms with Crippen molar-refractivity contribution in [3.63, 3.8) is 0 Å². The normalized spacial score (nSPS) is 10.4. The van der Waals surface area contributed by atoms with Crippen molar-refractivity contribution in [2.45, 2.75) is 6.42 Å². The van der Waals surface area contributed by atoms with Gasteiger partial charge in [-0.15, -0.1) is 0 Å². The molecule has 6 nitrogen and oxygen atoms in total. The summed E-state index contributed by atoms with van der Waals surface area (Å²) < 4.78 is 10.2. The molecular weight excluding hydrogens is 270 g/mol. The van der Waals surface area contributed by atoms with Crippen LogP contribution in [0.3, 0.4) is 0 Å². The monoisotopic (exact) mass is 295 g/mol. The van der Waals surface area contributed by atoms with E-state index in [2.05, 4.69) is 10.2 Å². The number of nitrogens with two attached hydrogens (primary N) is 1. The fourth-order valence-corrected chi connectivity index (χ4v) is 2.09. The van der Waals surface area contributed by atoms with Gasteiger partial charge in [0, 0.05) is 46.7 Å². The van der Waals surface area contributed by atoms with Crippen molar-refractivity contribution in [3.8, 4) is 0 Å². The number of nitrogens with one attached hydrogen (secondary N) is 1. The van der Waals surface area contributed by atoms with Crippen molar-refractivity contribution < 1.29 is 14.3 Å². The first-order chi connectivity index (χ1) is 10.1. The molecule has 0 saturated heterocycles. The van der Waals surface area contributed by atoms with Gasteiger partial charge >= 0.3 is 0 Å². The summed E-state index contributed by atoms with van der Waals surface area (Å²) in [6, 6.07) is 5.31. The van der Waals surface area contributed by atoms with E-state index in [1.54, 1.807) is 33.4 Å². The van der Waals surface area contributed by atoms with Crippen molar-refractivity contribution in [3.05, 3.63) is 23.8 Å². The zero-order valence-corrected chi connectivity index (χ0v) is 13.0. The van der Waals surface area contributed by atoms with Gasteiger partial charge < -0.3 is 25.4 Å². The van der Waals surface area contributed by atoms with E-state index in [1.165, 1.54) is 0 Å². The van der Waals surface area contributed by atoms with Gasteiger partial charge in [-0.2, -0.15) is 0 Å². The Kier molecular flexibility index (Phi) is 7.56. The van der Waals surface area contributed by atoms with E-state index in [0.29, 0.717) is 31.0 Å². The molecule has 3 N–H and O–H groups in total. The lowest BCUT2D eigenvalue weighted by Gasteiger charge is -2.27. The van der Waals surface area contributed by atoms with Crippen LogP contribution in [-0.2, 0) is 9.47 Å². The number of nitrogen functional groups attached to an aromatic ring is 1. The molecule has 1 aromatic carbocycles. The van der Waals surface area contributed by atoms with Crippen molar-refractivity contribution in [1.82, 2.24) is 5.32 Å². The van der Waals surface area contributed by atoms with Crippen LogP contribution in [0.5, 0.6) is 0 Å². The van der Waals surface area contributed by atoms with Crippen LogP contribution in [0, 0.1) is 0 Å². The molecule has 6 heteroatoms. The second-order valence-electron chi connectivity index (χ2n) is 4.68. The molecule has 0 unspecified atom stereocenters. The third-order valence-electron chi connectivity index (χ3n) is 3.18. The number of carbonyl (C=O) groups is 1. The van der Waals surface area contributed by atoms with Crippen LogP contribution < -0.4 is 16.0 Å². The van der Waals surface area contributed by atoms with E-state index in [1.807, 2.05) is 6.07 Å². The topological polar surface area (TPSA) is 76.8 Å². The first-order valence-corrected chi connectivity index (χ1v) is 6.98. The third kappa shape index (κ3) is 5.24. The molecule has 0 fully saturated rings. The summed E-state index contributed by atoms with van der Waals surface area (Å²) in [4.78, 5) is 14.1. The van der Waals surface area contributed by atoms with Gasteiger partial charge in [-0.05, 0) is 24.6 Å². The van der Waals surface area contributed by atoms with Gasteiger partial charge in [0.15, 0.2) is 0 Å². The minimum Gasteiger partial charge on any atom is -0.399 e. The Morgan fingerprint density at radius 2 is 1.95 bits per heavy atom. The fraction of sp³-hybridized carbons (Fsp3) is 0.533. The molecule has 1 aromatic rings. The molecule has 1 rings (SSSR count). The quantitative estimate of drug-likeness (QED) is 0.527. The maximum absolute atomic E-state index is 12.0. The first-order valence-electron chi connectivity index (χ1n) is 6.98. The molecule has 21 heavy (non-hydrogen) atoms. The predicted octanol–water partition coefficient (Wildman–Crippen LogP) is 1.12. The maximum Gasteiger partial charge on any atom is 0.253 e. The second kappa shape index (κ2) is 9.20. The Morgan fingerprint density at radius 3 is 2.57 bits per heavy atom. The smallest absolute Gasteiger partial charge is 0.253 e. The summed E-state index contributed by atoms with van der Waals surface area (Å²) >= 11 is 0. The molecule has 1 amide bonds. The van der Waals surface area contributed by atoms with Gasteiger partial charge in [-0.1, -0.05) is 0 Å². The highest BCUT2D eigenvalue weighted by atomic mass is 16.5. The summed E-state index contributed by atoms with van der Waals surface area (Å²) in [5.74, 6) is -0.126. The number of nitrogens with zero attached hydrogens (tertiary/aromatic N) is 1. The van der Waals surface area contributed by atoms with Crippen molar-refractivity contribution in [1.29, 1.82) is 0 Å². The molecule has 118 valence electrons. The number of hydrogen-bond donors (Lipinski definition) is 2. The van der Waals surface area contributed by atoms with E-state index in [0.717, 1.165) is 18.7 Å². The minimum atomic E-state index is -0.126.